The molecule has 0 aromatic rings. The van der Waals surface area contributed by atoms with E-state index in [4.69, 9.17) is 4.74 Å². The predicted octanol–water partition coefficient (Wildman–Crippen LogP) is 1.98. The molecule has 0 aromatic carbocycles. The number of allylic oxidation sites excluding steroid dienone is 1. The molecular weight excluding hydrogens is 156 g/mol. The lowest BCUT2D eigenvalue weighted by Crippen LogP contribution is -1.96. The molecule has 1 rings (SSSR count). The minimum atomic E-state index is -0.346. The molecule has 1 aliphatic heterocycles. The standard InChI is InChI=1S/C9H14O3/c1-3-4-5-6-7-8(12-7)9(10)11-2/h3-6H2,1-2H3. The van der Waals surface area contributed by atoms with Gasteiger partial charge in [-0.15, -0.1) is 0 Å². The summed E-state index contributed by atoms with van der Waals surface area (Å²) in [7, 11) is 1.36. The number of unbranched alkanes of at least 4 members (excludes halogenated alkanes) is 2. The van der Waals surface area contributed by atoms with Crippen molar-refractivity contribution in [2.75, 3.05) is 7.11 Å². The summed E-state index contributed by atoms with van der Waals surface area (Å²) < 4.78 is 9.46. The summed E-state index contributed by atoms with van der Waals surface area (Å²) in [6, 6.07) is 0. The molecule has 3 heteroatoms. The molecule has 0 spiro atoms. The summed E-state index contributed by atoms with van der Waals surface area (Å²) >= 11 is 0. The molecule has 68 valence electrons. The van der Waals surface area contributed by atoms with Gasteiger partial charge in [0, 0.05) is 6.42 Å². The summed E-state index contributed by atoms with van der Waals surface area (Å²) in [5.74, 6) is 0.894. The minimum Gasteiger partial charge on any atom is -0.463 e. The summed E-state index contributed by atoms with van der Waals surface area (Å²) in [5.41, 5.74) is 0. The van der Waals surface area contributed by atoms with Crippen LogP contribution in [-0.2, 0) is 14.3 Å². The number of carbonyl (C=O) groups is 1. The lowest BCUT2D eigenvalue weighted by Gasteiger charge is -1.88. The number of hydrogen-bond acceptors (Lipinski definition) is 3. The molecule has 0 saturated heterocycles. The molecule has 0 unspecified atom stereocenters. The third-order valence-electron chi connectivity index (χ3n) is 1.82. The fourth-order valence-corrected chi connectivity index (χ4v) is 1.05. The highest BCUT2D eigenvalue weighted by atomic mass is 16.6. The van der Waals surface area contributed by atoms with Crippen molar-refractivity contribution < 1.29 is 14.3 Å². The van der Waals surface area contributed by atoms with Crippen LogP contribution in [0.15, 0.2) is 11.5 Å². The van der Waals surface area contributed by atoms with Gasteiger partial charge in [0.1, 0.15) is 0 Å². The maximum atomic E-state index is 10.8. The van der Waals surface area contributed by atoms with Gasteiger partial charge in [0.05, 0.1) is 7.11 Å². The van der Waals surface area contributed by atoms with E-state index >= 15 is 0 Å². The van der Waals surface area contributed by atoms with Crippen LogP contribution in [0.2, 0.25) is 0 Å². The first-order valence-electron chi connectivity index (χ1n) is 4.29. The molecule has 0 atom stereocenters. The monoisotopic (exact) mass is 170 g/mol. The van der Waals surface area contributed by atoms with E-state index in [0.29, 0.717) is 5.76 Å². The normalized spacial score (nSPS) is 14.2. The Balaban J connectivity index is 2.20. The van der Waals surface area contributed by atoms with Crippen LogP contribution in [0.1, 0.15) is 32.6 Å². The van der Waals surface area contributed by atoms with E-state index in [1.165, 1.54) is 20.0 Å². The van der Waals surface area contributed by atoms with E-state index in [1.54, 1.807) is 0 Å². The topological polar surface area (TPSA) is 38.8 Å². The molecule has 0 radical (unpaired) electrons. The van der Waals surface area contributed by atoms with Gasteiger partial charge in [0.15, 0.2) is 5.76 Å². The lowest BCUT2D eigenvalue weighted by atomic mass is 10.2. The lowest BCUT2D eigenvalue weighted by molar-refractivity contribution is -0.137. The highest BCUT2D eigenvalue weighted by Gasteiger charge is 2.32. The van der Waals surface area contributed by atoms with Gasteiger partial charge in [-0.2, -0.15) is 0 Å². The second-order valence-corrected chi connectivity index (χ2v) is 2.80. The van der Waals surface area contributed by atoms with Gasteiger partial charge < -0.3 is 9.47 Å². The van der Waals surface area contributed by atoms with Gasteiger partial charge in [-0.25, -0.2) is 4.79 Å². The first-order chi connectivity index (χ1) is 5.79. The van der Waals surface area contributed by atoms with E-state index in [1.807, 2.05) is 0 Å². The van der Waals surface area contributed by atoms with Crippen LogP contribution in [0.25, 0.3) is 0 Å². The van der Waals surface area contributed by atoms with Gasteiger partial charge >= 0.3 is 5.97 Å². The van der Waals surface area contributed by atoms with Gasteiger partial charge in [0.25, 0.3) is 0 Å². The van der Waals surface area contributed by atoms with Crippen molar-refractivity contribution in [1.82, 2.24) is 0 Å². The molecule has 0 fully saturated rings. The quantitative estimate of drug-likeness (QED) is 0.467. The predicted molar refractivity (Wildman–Crippen MR) is 44.3 cm³/mol. The van der Waals surface area contributed by atoms with E-state index in [2.05, 4.69) is 11.7 Å². The van der Waals surface area contributed by atoms with E-state index in [0.717, 1.165) is 18.6 Å². The average Bonchev–Trinajstić information content (AvgIpc) is 2.83. The Bertz CT molecular complexity index is 206. The molecule has 0 saturated carbocycles. The smallest absolute Gasteiger partial charge is 0.377 e. The first-order valence-corrected chi connectivity index (χ1v) is 4.29. The Kier molecular flexibility index (Phi) is 3.14. The molecule has 3 nitrogen and oxygen atoms in total. The number of ether oxygens (including phenoxy) is 2. The zero-order chi connectivity index (χ0) is 8.97. The van der Waals surface area contributed by atoms with Crippen LogP contribution in [0.4, 0.5) is 0 Å². The first kappa shape index (κ1) is 9.10. The summed E-state index contributed by atoms with van der Waals surface area (Å²) in [6.07, 6.45) is 4.33. The Labute approximate surface area is 72.4 Å². The highest BCUT2D eigenvalue weighted by Crippen LogP contribution is 2.31. The van der Waals surface area contributed by atoms with Crippen molar-refractivity contribution in [3.63, 3.8) is 0 Å². The molecule has 0 N–H and O–H groups in total. The average molecular weight is 170 g/mol. The third-order valence-corrected chi connectivity index (χ3v) is 1.82. The molecular formula is C9H14O3. The Morgan fingerprint density at radius 2 is 2.25 bits per heavy atom. The van der Waals surface area contributed by atoms with Crippen LogP contribution in [0.5, 0.6) is 0 Å². The fraction of sp³-hybridized carbons (Fsp3) is 0.667. The van der Waals surface area contributed by atoms with Crippen molar-refractivity contribution in [2.45, 2.75) is 32.6 Å². The van der Waals surface area contributed by atoms with Crippen LogP contribution in [-0.4, -0.2) is 13.1 Å². The van der Waals surface area contributed by atoms with Crippen molar-refractivity contribution in [3.8, 4) is 0 Å². The maximum absolute atomic E-state index is 10.8. The minimum absolute atomic E-state index is 0.346. The molecule has 1 aliphatic rings. The van der Waals surface area contributed by atoms with Crippen molar-refractivity contribution in [2.24, 2.45) is 0 Å². The van der Waals surface area contributed by atoms with Gasteiger partial charge in [-0.1, -0.05) is 19.8 Å². The second-order valence-electron chi connectivity index (χ2n) is 2.80. The molecule has 1 heterocycles. The van der Waals surface area contributed by atoms with E-state index in [-0.39, 0.29) is 5.97 Å². The van der Waals surface area contributed by atoms with Crippen LogP contribution in [0.3, 0.4) is 0 Å². The number of esters is 1. The SMILES string of the molecule is CCCCCC1=C(C(=O)OC)O1. The highest BCUT2D eigenvalue weighted by molar-refractivity contribution is 5.90. The number of methoxy groups -OCH3 is 1. The Hall–Kier alpha value is -0.990. The van der Waals surface area contributed by atoms with Crippen molar-refractivity contribution in [3.05, 3.63) is 11.5 Å². The molecule has 0 bridgehead atoms. The van der Waals surface area contributed by atoms with Gasteiger partial charge in [0.2, 0.25) is 5.76 Å². The fourth-order valence-electron chi connectivity index (χ4n) is 1.05. The molecule has 0 aliphatic carbocycles. The number of carbonyl (C=O) groups excluding carboxylic acids is 1. The summed E-state index contributed by atoms with van der Waals surface area (Å²) in [4.78, 5) is 10.8. The molecule has 0 aromatic heterocycles. The van der Waals surface area contributed by atoms with Crippen molar-refractivity contribution >= 4 is 5.97 Å². The number of hydrogen-bond donors (Lipinski definition) is 0. The summed E-state index contributed by atoms with van der Waals surface area (Å²) in [5, 5.41) is 0. The second kappa shape index (κ2) is 4.14. The Morgan fingerprint density at radius 3 is 2.83 bits per heavy atom. The van der Waals surface area contributed by atoms with Crippen molar-refractivity contribution in [1.29, 1.82) is 0 Å². The zero-order valence-electron chi connectivity index (χ0n) is 7.55. The zero-order valence-corrected chi connectivity index (χ0v) is 7.55. The number of rotatable bonds is 5. The summed E-state index contributed by atoms with van der Waals surface area (Å²) in [6.45, 7) is 2.14. The van der Waals surface area contributed by atoms with Crippen LogP contribution in [0, 0.1) is 0 Å². The molecule has 12 heavy (non-hydrogen) atoms. The third kappa shape index (κ3) is 2.26. The Morgan fingerprint density at radius 1 is 1.50 bits per heavy atom. The van der Waals surface area contributed by atoms with E-state index in [9.17, 15) is 4.79 Å². The van der Waals surface area contributed by atoms with E-state index < -0.39 is 0 Å². The van der Waals surface area contributed by atoms with Crippen LogP contribution >= 0.6 is 0 Å². The largest absolute Gasteiger partial charge is 0.463 e. The maximum Gasteiger partial charge on any atom is 0.377 e. The molecule has 0 amide bonds. The van der Waals surface area contributed by atoms with Crippen LogP contribution < -0.4 is 0 Å². The van der Waals surface area contributed by atoms with Gasteiger partial charge in [-0.3, -0.25) is 0 Å². The van der Waals surface area contributed by atoms with Gasteiger partial charge in [-0.05, 0) is 6.42 Å².